The molecule has 17 heavy (non-hydrogen) atoms. The SMILES string of the molecule is COc1ccc(S(=O)(=O)NCCN)c(C)c1F. The summed E-state index contributed by atoms with van der Waals surface area (Å²) in [4.78, 5) is -0.107. The largest absolute Gasteiger partial charge is 0.494 e. The normalized spacial score (nSPS) is 11.5. The molecule has 0 saturated heterocycles. The summed E-state index contributed by atoms with van der Waals surface area (Å²) in [6.45, 7) is 1.67. The number of benzene rings is 1. The summed E-state index contributed by atoms with van der Waals surface area (Å²) in [6.07, 6.45) is 0. The summed E-state index contributed by atoms with van der Waals surface area (Å²) >= 11 is 0. The van der Waals surface area contributed by atoms with Crippen LogP contribution in [0.5, 0.6) is 5.75 Å². The first-order chi connectivity index (χ1) is 7.94. The Balaban J connectivity index is 3.20. The number of halogens is 1. The van der Waals surface area contributed by atoms with Crippen LogP contribution in [0.25, 0.3) is 0 Å². The molecule has 0 saturated carbocycles. The molecule has 0 amide bonds. The summed E-state index contributed by atoms with van der Waals surface area (Å²) in [7, 11) is -2.41. The Morgan fingerprint density at radius 2 is 2.12 bits per heavy atom. The van der Waals surface area contributed by atoms with Gasteiger partial charge < -0.3 is 10.5 Å². The van der Waals surface area contributed by atoms with E-state index in [1.54, 1.807) is 0 Å². The second-order valence-electron chi connectivity index (χ2n) is 3.39. The van der Waals surface area contributed by atoms with E-state index < -0.39 is 15.8 Å². The van der Waals surface area contributed by atoms with Crippen molar-refractivity contribution in [2.45, 2.75) is 11.8 Å². The van der Waals surface area contributed by atoms with Gasteiger partial charge in [-0.1, -0.05) is 0 Å². The van der Waals surface area contributed by atoms with Gasteiger partial charge in [-0.3, -0.25) is 0 Å². The van der Waals surface area contributed by atoms with Gasteiger partial charge in [-0.15, -0.1) is 0 Å². The molecule has 7 heteroatoms. The first kappa shape index (κ1) is 13.9. The van der Waals surface area contributed by atoms with Gasteiger partial charge in [0.2, 0.25) is 10.0 Å². The Morgan fingerprint density at radius 1 is 1.47 bits per heavy atom. The number of hydrogen-bond acceptors (Lipinski definition) is 4. The molecule has 5 nitrogen and oxygen atoms in total. The van der Waals surface area contributed by atoms with Crippen molar-refractivity contribution in [3.63, 3.8) is 0 Å². The molecule has 96 valence electrons. The van der Waals surface area contributed by atoms with Crippen LogP contribution in [0.3, 0.4) is 0 Å². The Bertz CT molecular complexity index is 503. The van der Waals surface area contributed by atoms with E-state index in [2.05, 4.69) is 4.72 Å². The molecule has 3 N–H and O–H groups in total. The van der Waals surface area contributed by atoms with Crippen molar-refractivity contribution in [2.24, 2.45) is 5.73 Å². The van der Waals surface area contributed by atoms with Crippen LogP contribution in [0.15, 0.2) is 17.0 Å². The number of nitrogens with one attached hydrogen (secondary N) is 1. The van der Waals surface area contributed by atoms with E-state index in [-0.39, 0.29) is 29.3 Å². The van der Waals surface area contributed by atoms with E-state index >= 15 is 0 Å². The molecular weight excluding hydrogens is 247 g/mol. The Hall–Kier alpha value is -1.18. The van der Waals surface area contributed by atoms with Gasteiger partial charge in [0.15, 0.2) is 11.6 Å². The number of ether oxygens (including phenoxy) is 1. The summed E-state index contributed by atoms with van der Waals surface area (Å²) in [5, 5.41) is 0. The Kier molecular flexibility index (Phi) is 4.44. The van der Waals surface area contributed by atoms with Crippen LogP contribution in [0.4, 0.5) is 4.39 Å². The molecule has 0 aliphatic carbocycles. The van der Waals surface area contributed by atoms with Crippen molar-refractivity contribution in [2.75, 3.05) is 20.2 Å². The molecule has 1 rings (SSSR count). The maximum Gasteiger partial charge on any atom is 0.240 e. The van der Waals surface area contributed by atoms with Gasteiger partial charge in [0.1, 0.15) is 0 Å². The minimum Gasteiger partial charge on any atom is -0.494 e. The molecule has 0 heterocycles. The first-order valence-electron chi connectivity index (χ1n) is 4.97. The number of nitrogens with two attached hydrogens (primary N) is 1. The Labute approximate surface area is 99.8 Å². The summed E-state index contributed by atoms with van der Waals surface area (Å²) in [5.41, 5.74) is 5.23. The van der Waals surface area contributed by atoms with E-state index in [4.69, 9.17) is 10.5 Å². The molecule has 0 atom stereocenters. The van der Waals surface area contributed by atoms with Gasteiger partial charge in [0.05, 0.1) is 12.0 Å². The van der Waals surface area contributed by atoms with Crippen molar-refractivity contribution in [1.29, 1.82) is 0 Å². The van der Waals surface area contributed by atoms with Gasteiger partial charge in [-0.05, 0) is 19.1 Å². The third kappa shape index (κ3) is 2.93. The highest BCUT2D eigenvalue weighted by molar-refractivity contribution is 7.89. The van der Waals surface area contributed by atoms with Crippen molar-refractivity contribution in [1.82, 2.24) is 4.72 Å². The van der Waals surface area contributed by atoms with E-state index in [1.165, 1.54) is 26.2 Å². The predicted molar refractivity (Wildman–Crippen MR) is 61.9 cm³/mol. The van der Waals surface area contributed by atoms with Gasteiger partial charge in [0.25, 0.3) is 0 Å². The molecule has 0 unspecified atom stereocenters. The number of hydrogen-bond donors (Lipinski definition) is 2. The molecule has 0 aliphatic heterocycles. The van der Waals surface area contributed by atoms with Crippen LogP contribution in [0.1, 0.15) is 5.56 Å². The van der Waals surface area contributed by atoms with Crippen LogP contribution in [0, 0.1) is 12.7 Å². The second-order valence-corrected chi connectivity index (χ2v) is 5.13. The topological polar surface area (TPSA) is 81.4 Å². The van der Waals surface area contributed by atoms with Crippen molar-refractivity contribution in [3.8, 4) is 5.75 Å². The van der Waals surface area contributed by atoms with Crippen LogP contribution in [0.2, 0.25) is 0 Å². The zero-order valence-corrected chi connectivity index (χ0v) is 10.5. The van der Waals surface area contributed by atoms with Crippen LogP contribution >= 0.6 is 0 Å². The van der Waals surface area contributed by atoms with Crippen LogP contribution in [-0.4, -0.2) is 28.6 Å². The number of sulfonamides is 1. The maximum atomic E-state index is 13.7. The third-order valence-electron chi connectivity index (χ3n) is 2.25. The third-order valence-corrected chi connectivity index (χ3v) is 3.85. The highest BCUT2D eigenvalue weighted by Gasteiger charge is 2.20. The monoisotopic (exact) mass is 262 g/mol. The van der Waals surface area contributed by atoms with Gasteiger partial charge in [0, 0.05) is 18.7 Å². The number of methoxy groups -OCH3 is 1. The van der Waals surface area contributed by atoms with Gasteiger partial charge >= 0.3 is 0 Å². The fourth-order valence-electron chi connectivity index (χ4n) is 1.36. The molecular formula is C10H15FN2O3S. The minimum absolute atomic E-state index is 0.0141. The second kappa shape index (κ2) is 5.44. The van der Waals surface area contributed by atoms with E-state index in [0.29, 0.717) is 0 Å². The summed E-state index contributed by atoms with van der Waals surface area (Å²) < 4.78 is 44.3. The van der Waals surface area contributed by atoms with E-state index in [0.717, 1.165) is 0 Å². The smallest absolute Gasteiger partial charge is 0.240 e. The van der Waals surface area contributed by atoms with Crippen LogP contribution < -0.4 is 15.2 Å². The number of rotatable bonds is 5. The van der Waals surface area contributed by atoms with Crippen molar-refractivity contribution >= 4 is 10.0 Å². The molecule has 0 spiro atoms. The fourth-order valence-corrected chi connectivity index (χ4v) is 2.64. The molecule has 1 aromatic carbocycles. The lowest BCUT2D eigenvalue weighted by Crippen LogP contribution is -2.29. The molecule has 1 aromatic rings. The lowest BCUT2D eigenvalue weighted by atomic mass is 10.2. The fraction of sp³-hybridized carbons (Fsp3) is 0.400. The van der Waals surface area contributed by atoms with Crippen molar-refractivity contribution in [3.05, 3.63) is 23.5 Å². The van der Waals surface area contributed by atoms with Crippen LogP contribution in [-0.2, 0) is 10.0 Å². The van der Waals surface area contributed by atoms with Gasteiger partial charge in [-0.2, -0.15) is 0 Å². The lowest BCUT2D eigenvalue weighted by molar-refractivity contribution is 0.384. The van der Waals surface area contributed by atoms with Crippen molar-refractivity contribution < 1.29 is 17.5 Å². The zero-order valence-electron chi connectivity index (χ0n) is 9.66. The molecule has 0 aliphatic rings. The van der Waals surface area contributed by atoms with E-state index in [1.807, 2.05) is 0 Å². The summed E-state index contributed by atoms with van der Waals surface area (Å²) in [6, 6.07) is 2.58. The van der Waals surface area contributed by atoms with E-state index in [9.17, 15) is 12.8 Å². The maximum absolute atomic E-state index is 13.7. The lowest BCUT2D eigenvalue weighted by Gasteiger charge is -2.11. The highest BCUT2D eigenvalue weighted by Crippen LogP contribution is 2.25. The quantitative estimate of drug-likeness (QED) is 0.803. The highest BCUT2D eigenvalue weighted by atomic mass is 32.2. The Morgan fingerprint density at radius 3 is 2.65 bits per heavy atom. The summed E-state index contributed by atoms with van der Waals surface area (Å²) in [5.74, 6) is -0.664. The predicted octanol–water partition coefficient (Wildman–Crippen LogP) is 0.380. The molecule has 0 radical (unpaired) electrons. The molecule has 0 fully saturated rings. The molecule has 0 aromatic heterocycles. The van der Waals surface area contributed by atoms with Gasteiger partial charge in [-0.25, -0.2) is 17.5 Å². The first-order valence-corrected chi connectivity index (χ1v) is 6.45. The average Bonchev–Trinajstić information content (AvgIpc) is 2.29. The molecule has 0 bridgehead atoms. The average molecular weight is 262 g/mol. The standard InChI is InChI=1S/C10H15FN2O3S/c1-7-9(17(14,15)13-6-5-12)4-3-8(16-2)10(7)11/h3-4,13H,5-6,12H2,1-2H3. The zero-order chi connectivity index (χ0) is 13.1. The minimum atomic E-state index is -3.73.